The van der Waals surface area contributed by atoms with Crippen LogP contribution in [0.15, 0.2) is 125 Å². The van der Waals surface area contributed by atoms with Crippen LogP contribution in [0.3, 0.4) is 0 Å². The summed E-state index contributed by atoms with van der Waals surface area (Å²) < 4.78 is 0. The van der Waals surface area contributed by atoms with Gasteiger partial charge in [0.1, 0.15) is 0 Å². The Balaban J connectivity index is 1.60. The van der Waals surface area contributed by atoms with E-state index in [1.165, 1.54) is 27.5 Å². The van der Waals surface area contributed by atoms with Gasteiger partial charge in [-0.3, -0.25) is 15.0 Å². The first-order valence-electron chi connectivity index (χ1n) is 10.9. The molecule has 0 radical (unpaired) electrons. The number of rotatable bonds is 2. The van der Waals surface area contributed by atoms with Crippen LogP contribution >= 0.6 is 0 Å². The Morgan fingerprint density at radius 1 is 0.812 bits per heavy atom. The first-order valence-corrected chi connectivity index (χ1v) is 10.9. The van der Waals surface area contributed by atoms with E-state index in [0.29, 0.717) is 0 Å². The molecule has 0 saturated heterocycles. The van der Waals surface area contributed by atoms with Crippen LogP contribution in [0.5, 0.6) is 0 Å². The van der Waals surface area contributed by atoms with E-state index in [4.69, 9.17) is 4.99 Å². The minimum absolute atomic E-state index is 0.771. The van der Waals surface area contributed by atoms with Crippen molar-refractivity contribution in [2.75, 3.05) is 0 Å². The number of fused-ring (bicyclic) bond motifs is 6. The van der Waals surface area contributed by atoms with Crippen molar-refractivity contribution in [3.8, 4) is 0 Å². The topological polar surface area (TPSA) is 37.6 Å². The van der Waals surface area contributed by atoms with E-state index in [1.807, 2.05) is 24.4 Å². The summed E-state index contributed by atoms with van der Waals surface area (Å²) in [4.78, 5) is 14.4. The van der Waals surface area contributed by atoms with Gasteiger partial charge in [0.25, 0.3) is 0 Å². The second-order valence-corrected chi connectivity index (χ2v) is 8.07. The average Bonchev–Trinajstić information content (AvgIpc) is 3.29. The normalized spacial score (nSPS) is 17.2. The maximum atomic E-state index is 5.21. The maximum Gasteiger partial charge on any atom is 0.0889 e. The number of aromatic nitrogens is 1. The molecule has 3 aromatic rings. The Kier molecular flexibility index (Phi) is 4.58. The number of benzene rings is 2. The Bertz CT molecular complexity index is 1440. The van der Waals surface area contributed by atoms with Crippen molar-refractivity contribution in [3.63, 3.8) is 0 Å². The second kappa shape index (κ2) is 7.86. The van der Waals surface area contributed by atoms with Gasteiger partial charge in [-0.2, -0.15) is 0 Å². The number of hydrogen-bond acceptors (Lipinski definition) is 3. The third kappa shape index (κ3) is 3.28. The van der Waals surface area contributed by atoms with Gasteiger partial charge in [-0.05, 0) is 58.2 Å². The first-order chi connectivity index (χ1) is 15.9. The fourth-order valence-corrected chi connectivity index (χ4v) is 4.56. The van der Waals surface area contributed by atoms with Crippen LogP contribution in [0, 0.1) is 0 Å². The molecule has 0 atom stereocenters. The van der Waals surface area contributed by atoms with Crippen molar-refractivity contribution < 1.29 is 0 Å². The third-order valence-corrected chi connectivity index (χ3v) is 6.03. The Morgan fingerprint density at radius 3 is 2.66 bits per heavy atom. The summed E-state index contributed by atoms with van der Waals surface area (Å²) in [7, 11) is 0. The Labute approximate surface area is 187 Å². The van der Waals surface area contributed by atoms with Gasteiger partial charge in [-0.25, -0.2) is 0 Å². The second-order valence-electron chi connectivity index (χ2n) is 8.07. The zero-order valence-corrected chi connectivity index (χ0v) is 17.6. The van der Waals surface area contributed by atoms with Crippen LogP contribution in [0.25, 0.3) is 16.3 Å². The van der Waals surface area contributed by atoms with E-state index < -0.39 is 0 Å². The molecule has 2 bridgehead atoms. The molecule has 0 fully saturated rings. The standard InChI is InChI=1S/C29H21N3/c1-3-11-23-18-21(9-1)28-24-12-4-2-8-20(24)14-15-25(28)29(32-23)22-10-7-17-31-27(19-22)26-13-5-6-16-30-26/h1-9,11-17,19H,10,18H2. The minimum Gasteiger partial charge on any atom is -0.255 e. The van der Waals surface area contributed by atoms with Crippen molar-refractivity contribution in [1.29, 1.82) is 0 Å². The Morgan fingerprint density at radius 2 is 1.72 bits per heavy atom. The lowest BCUT2D eigenvalue weighted by molar-refractivity contribution is 1.19. The molecule has 1 aliphatic carbocycles. The van der Waals surface area contributed by atoms with Crippen LogP contribution in [0.2, 0.25) is 0 Å². The third-order valence-electron chi connectivity index (χ3n) is 6.03. The largest absolute Gasteiger partial charge is 0.255 e. The molecule has 0 saturated carbocycles. The predicted molar refractivity (Wildman–Crippen MR) is 133 cm³/mol. The van der Waals surface area contributed by atoms with Gasteiger partial charge in [0, 0.05) is 30.1 Å². The molecule has 6 rings (SSSR count). The summed E-state index contributed by atoms with van der Waals surface area (Å²) in [6.07, 6.45) is 18.1. The fourth-order valence-electron chi connectivity index (χ4n) is 4.56. The molecule has 152 valence electrons. The first kappa shape index (κ1) is 18.6. The summed E-state index contributed by atoms with van der Waals surface area (Å²) in [6.45, 7) is 0. The highest BCUT2D eigenvalue weighted by atomic mass is 14.8. The summed E-state index contributed by atoms with van der Waals surface area (Å²) >= 11 is 0. The van der Waals surface area contributed by atoms with Crippen LogP contribution in [0.4, 0.5) is 0 Å². The highest BCUT2D eigenvalue weighted by molar-refractivity contribution is 6.22. The van der Waals surface area contributed by atoms with Gasteiger partial charge in [0.15, 0.2) is 0 Å². The molecule has 0 spiro atoms. The zero-order chi connectivity index (χ0) is 21.3. The lowest BCUT2D eigenvalue weighted by Crippen LogP contribution is -2.10. The summed E-state index contributed by atoms with van der Waals surface area (Å²) in [5.41, 5.74) is 8.73. The van der Waals surface area contributed by atoms with Gasteiger partial charge >= 0.3 is 0 Å². The summed E-state index contributed by atoms with van der Waals surface area (Å²) in [5, 5.41) is 2.52. The van der Waals surface area contributed by atoms with Crippen molar-refractivity contribution >= 4 is 27.8 Å². The molecule has 32 heavy (non-hydrogen) atoms. The molecular formula is C29H21N3. The molecule has 3 nitrogen and oxygen atoms in total. The van der Waals surface area contributed by atoms with Gasteiger partial charge in [-0.1, -0.05) is 66.8 Å². The van der Waals surface area contributed by atoms with Gasteiger partial charge in [-0.15, -0.1) is 0 Å². The molecular weight excluding hydrogens is 390 g/mol. The number of hydrogen-bond donors (Lipinski definition) is 0. The van der Waals surface area contributed by atoms with Crippen LogP contribution in [0.1, 0.15) is 29.7 Å². The Hall–Kier alpha value is -4.11. The van der Waals surface area contributed by atoms with Crippen LogP contribution in [-0.2, 0) is 0 Å². The zero-order valence-electron chi connectivity index (χ0n) is 17.6. The van der Waals surface area contributed by atoms with E-state index in [2.05, 4.69) is 82.8 Å². The fraction of sp³-hybridized carbons (Fsp3) is 0.0690. The van der Waals surface area contributed by atoms with Gasteiger partial charge < -0.3 is 0 Å². The highest BCUT2D eigenvalue weighted by Gasteiger charge is 2.24. The summed E-state index contributed by atoms with van der Waals surface area (Å²) in [6, 6.07) is 19.0. The van der Waals surface area contributed by atoms with E-state index in [0.717, 1.165) is 41.2 Å². The van der Waals surface area contributed by atoms with Crippen molar-refractivity contribution in [2.45, 2.75) is 12.8 Å². The lowest BCUT2D eigenvalue weighted by atomic mass is 9.87. The van der Waals surface area contributed by atoms with Crippen molar-refractivity contribution in [3.05, 3.63) is 132 Å². The van der Waals surface area contributed by atoms with Crippen LogP contribution < -0.4 is 0 Å². The number of aliphatic imine (C=N–C) groups is 2. The maximum absolute atomic E-state index is 5.21. The quantitative estimate of drug-likeness (QED) is 0.468. The number of nitrogens with zero attached hydrogens (tertiary/aromatic N) is 3. The monoisotopic (exact) mass is 411 g/mol. The van der Waals surface area contributed by atoms with Gasteiger partial charge in [0.05, 0.1) is 17.1 Å². The highest BCUT2D eigenvalue weighted by Crippen LogP contribution is 2.38. The molecule has 2 aliphatic heterocycles. The van der Waals surface area contributed by atoms with Crippen molar-refractivity contribution in [1.82, 2.24) is 4.98 Å². The number of pyridine rings is 1. The van der Waals surface area contributed by atoms with E-state index >= 15 is 0 Å². The van der Waals surface area contributed by atoms with Crippen LogP contribution in [-0.4, -0.2) is 16.4 Å². The molecule has 3 aliphatic rings. The summed E-state index contributed by atoms with van der Waals surface area (Å²) in [5.74, 6) is 0. The smallest absolute Gasteiger partial charge is 0.0889 e. The molecule has 3 heteroatoms. The van der Waals surface area contributed by atoms with E-state index in [-0.39, 0.29) is 0 Å². The minimum atomic E-state index is 0.771. The molecule has 3 heterocycles. The SMILES string of the molecule is C1=CC=C2CC(=C1)N=C(C1=CC(c3ccccn3)=NC=CC1)c1ccc3ccccc3c12. The van der Waals surface area contributed by atoms with E-state index in [1.54, 1.807) is 6.20 Å². The van der Waals surface area contributed by atoms with Gasteiger partial charge in [0.2, 0.25) is 0 Å². The molecule has 1 aromatic heterocycles. The van der Waals surface area contributed by atoms with E-state index in [9.17, 15) is 0 Å². The predicted octanol–water partition coefficient (Wildman–Crippen LogP) is 6.60. The number of allylic oxidation sites excluding steroid dienone is 8. The molecule has 2 aromatic carbocycles. The average molecular weight is 412 g/mol. The molecule has 0 N–H and O–H groups in total. The molecule has 0 unspecified atom stereocenters. The van der Waals surface area contributed by atoms with Crippen molar-refractivity contribution in [2.24, 2.45) is 9.98 Å². The lowest BCUT2D eigenvalue weighted by Gasteiger charge is -2.16. The molecule has 0 amide bonds.